The molecule has 4 atom stereocenters. The number of carboxylic acids is 1. The third-order valence-corrected chi connectivity index (χ3v) is 8.43. The molecule has 10 heteroatoms. The van der Waals surface area contributed by atoms with Crippen molar-refractivity contribution >= 4 is 23.7 Å². The summed E-state index contributed by atoms with van der Waals surface area (Å²) in [6.45, 7) is 9.98. The van der Waals surface area contributed by atoms with Crippen molar-refractivity contribution < 1.29 is 19.5 Å². The standard InChI is InChI=1S/C29H38N6O4/c1-18-26(19(2)31-29(30-18)35-12-7-10-25(35)28(38)39)27(37)34-16-22-14-33(15-23(22)17-34)13-11-24(32-20(3)36)21-8-5-4-6-9-21/h4-6,8-9,22-25H,7,10-17H2,1-3H3,(H,32,36)(H,38,39)/t22?,23?,24-,25-/m0/s1. The van der Waals surface area contributed by atoms with E-state index in [1.165, 1.54) is 0 Å². The van der Waals surface area contributed by atoms with Crippen molar-refractivity contribution in [3.8, 4) is 0 Å². The Balaban J connectivity index is 1.19. The van der Waals surface area contributed by atoms with E-state index in [9.17, 15) is 19.5 Å². The summed E-state index contributed by atoms with van der Waals surface area (Å²) in [5, 5.41) is 12.6. The fraction of sp³-hybridized carbons (Fsp3) is 0.552. The second kappa shape index (κ2) is 11.3. The number of nitrogens with zero attached hydrogens (tertiary/aromatic N) is 5. The van der Waals surface area contributed by atoms with Gasteiger partial charge in [0.25, 0.3) is 5.91 Å². The Morgan fingerprint density at radius 3 is 2.26 bits per heavy atom. The van der Waals surface area contributed by atoms with Gasteiger partial charge in [0, 0.05) is 46.2 Å². The van der Waals surface area contributed by atoms with E-state index in [4.69, 9.17) is 0 Å². The van der Waals surface area contributed by atoms with E-state index in [-0.39, 0.29) is 17.9 Å². The monoisotopic (exact) mass is 534 g/mol. The zero-order valence-electron chi connectivity index (χ0n) is 23.0. The Kier molecular flexibility index (Phi) is 7.83. The Morgan fingerprint density at radius 1 is 1.03 bits per heavy atom. The number of likely N-dealkylation sites (tertiary alicyclic amines) is 2. The Labute approximate surface area is 229 Å². The quantitative estimate of drug-likeness (QED) is 0.530. The number of hydrogen-bond donors (Lipinski definition) is 2. The van der Waals surface area contributed by atoms with Crippen LogP contribution in [-0.2, 0) is 9.59 Å². The topological polar surface area (TPSA) is 119 Å². The van der Waals surface area contributed by atoms with Gasteiger partial charge in [-0.25, -0.2) is 14.8 Å². The number of carboxylic acid groups (broad SMARTS) is 1. The summed E-state index contributed by atoms with van der Waals surface area (Å²) in [7, 11) is 0. The maximum atomic E-state index is 13.6. The number of aromatic nitrogens is 2. The Morgan fingerprint density at radius 2 is 1.67 bits per heavy atom. The van der Waals surface area contributed by atoms with Crippen LogP contribution >= 0.6 is 0 Å². The first-order valence-corrected chi connectivity index (χ1v) is 13.9. The summed E-state index contributed by atoms with van der Waals surface area (Å²) in [6.07, 6.45) is 2.20. The van der Waals surface area contributed by atoms with Gasteiger partial charge in [-0.3, -0.25) is 9.59 Å². The summed E-state index contributed by atoms with van der Waals surface area (Å²) in [5.74, 6) is 0.311. The van der Waals surface area contributed by atoms with Crippen LogP contribution < -0.4 is 10.2 Å². The van der Waals surface area contributed by atoms with E-state index >= 15 is 0 Å². The van der Waals surface area contributed by atoms with Crippen LogP contribution in [0.5, 0.6) is 0 Å². The van der Waals surface area contributed by atoms with Crippen LogP contribution in [0.1, 0.15) is 59.5 Å². The van der Waals surface area contributed by atoms with Crippen molar-refractivity contribution in [2.24, 2.45) is 11.8 Å². The van der Waals surface area contributed by atoms with Crippen molar-refractivity contribution in [2.75, 3.05) is 44.2 Å². The zero-order valence-corrected chi connectivity index (χ0v) is 23.0. The molecule has 2 aromatic rings. The number of benzene rings is 1. The fourth-order valence-corrected chi connectivity index (χ4v) is 6.56. The molecule has 1 aromatic heterocycles. The van der Waals surface area contributed by atoms with E-state index < -0.39 is 12.0 Å². The van der Waals surface area contributed by atoms with E-state index in [1.807, 2.05) is 36.9 Å². The van der Waals surface area contributed by atoms with Gasteiger partial charge in [0.05, 0.1) is 23.0 Å². The smallest absolute Gasteiger partial charge is 0.326 e. The minimum absolute atomic E-state index is 0.0116. The first-order valence-electron chi connectivity index (χ1n) is 13.9. The second-order valence-electron chi connectivity index (χ2n) is 11.2. The van der Waals surface area contributed by atoms with Gasteiger partial charge in [-0.05, 0) is 50.5 Å². The lowest BCUT2D eigenvalue weighted by Gasteiger charge is -2.26. The SMILES string of the molecule is CC(=O)N[C@@H](CCN1CC2CN(C(=O)c3c(C)nc(N4CCC[C@H]4C(=O)O)nc3C)CC2C1)c1ccccc1. The molecule has 3 aliphatic rings. The average molecular weight is 535 g/mol. The largest absolute Gasteiger partial charge is 0.480 e. The maximum Gasteiger partial charge on any atom is 0.326 e. The van der Waals surface area contributed by atoms with Crippen LogP contribution in [0.4, 0.5) is 5.95 Å². The number of carbonyl (C=O) groups is 3. The molecule has 5 rings (SSSR count). The molecular weight excluding hydrogens is 496 g/mol. The summed E-state index contributed by atoms with van der Waals surface area (Å²) in [4.78, 5) is 52.3. The van der Waals surface area contributed by atoms with Crippen LogP contribution in [0.2, 0.25) is 0 Å². The number of rotatable bonds is 8. The third-order valence-electron chi connectivity index (χ3n) is 8.43. The molecule has 2 amide bonds. The first-order chi connectivity index (χ1) is 18.7. The van der Waals surface area contributed by atoms with E-state index in [0.717, 1.165) is 38.0 Å². The van der Waals surface area contributed by atoms with Crippen molar-refractivity contribution in [3.05, 3.63) is 52.8 Å². The molecule has 0 spiro atoms. The molecular formula is C29H38N6O4. The highest BCUT2D eigenvalue weighted by atomic mass is 16.4. The van der Waals surface area contributed by atoms with Crippen molar-refractivity contribution in [1.82, 2.24) is 25.1 Å². The predicted octanol–water partition coefficient (Wildman–Crippen LogP) is 2.42. The molecule has 10 nitrogen and oxygen atoms in total. The number of fused-ring (bicyclic) bond motifs is 1. The molecule has 0 aliphatic carbocycles. The Hall–Kier alpha value is -3.53. The van der Waals surface area contributed by atoms with E-state index in [1.54, 1.807) is 11.8 Å². The minimum atomic E-state index is -0.866. The molecule has 2 unspecified atom stereocenters. The second-order valence-corrected chi connectivity index (χ2v) is 11.2. The predicted molar refractivity (Wildman–Crippen MR) is 146 cm³/mol. The van der Waals surface area contributed by atoms with Gasteiger partial charge >= 0.3 is 5.97 Å². The zero-order chi connectivity index (χ0) is 27.7. The van der Waals surface area contributed by atoms with Gasteiger partial charge < -0.3 is 25.1 Å². The van der Waals surface area contributed by atoms with Gasteiger partial charge in [0.2, 0.25) is 11.9 Å². The summed E-state index contributed by atoms with van der Waals surface area (Å²) in [5.41, 5.74) is 2.85. The van der Waals surface area contributed by atoms with Crippen molar-refractivity contribution in [1.29, 1.82) is 0 Å². The number of aliphatic carboxylic acids is 1. The molecule has 3 fully saturated rings. The number of carbonyl (C=O) groups excluding carboxylic acids is 2. The van der Waals surface area contributed by atoms with Crippen LogP contribution in [-0.4, -0.2) is 88.0 Å². The number of amides is 2. The highest BCUT2D eigenvalue weighted by Gasteiger charge is 2.42. The molecule has 1 aromatic carbocycles. The summed E-state index contributed by atoms with van der Waals surface area (Å²) >= 11 is 0. The highest BCUT2D eigenvalue weighted by Crippen LogP contribution is 2.33. The van der Waals surface area contributed by atoms with E-state index in [0.29, 0.717) is 60.8 Å². The molecule has 0 saturated carbocycles. The molecule has 3 saturated heterocycles. The molecule has 3 aliphatic heterocycles. The van der Waals surface area contributed by atoms with Crippen LogP contribution in [0.15, 0.2) is 30.3 Å². The van der Waals surface area contributed by atoms with Crippen molar-refractivity contribution in [2.45, 2.75) is 52.1 Å². The summed E-state index contributed by atoms with van der Waals surface area (Å²) < 4.78 is 0. The lowest BCUT2D eigenvalue weighted by atomic mass is 10.0. The lowest BCUT2D eigenvalue weighted by molar-refractivity contribution is -0.138. The van der Waals surface area contributed by atoms with Gasteiger partial charge in [-0.1, -0.05) is 30.3 Å². The molecule has 208 valence electrons. The highest BCUT2D eigenvalue weighted by molar-refractivity contribution is 5.96. The maximum absolute atomic E-state index is 13.6. The molecule has 0 radical (unpaired) electrons. The minimum Gasteiger partial charge on any atom is -0.480 e. The van der Waals surface area contributed by atoms with Gasteiger partial charge in [-0.15, -0.1) is 0 Å². The average Bonchev–Trinajstić information content (AvgIpc) is 3.61. The number of hydrogen-bond acceptors (Lipinski definition) is 7. The lowest BCUT2D eigenvalue weighted by Crippen LogP contribution is -2.38. The Bertz CT molecular complexity index is 1200. The molecule has 0 bridgehead atoms. The molecule has 4 heterocycles. The summed E-state index contributed by atoms with van der Waals surface area (Å²) in [6, 6.07) is 9.45. The number of anilines is 1. The first kappa shape index (κ1) is 27.1. The van der Waals surface area contributed by atoms with Crippen LogP contribution in [0.3, 0.4) is 0 Å². The van der Waals surface area contributed by atoms with Crippen LogP contribution in [0, 0.1) is 25.7 Å². The molecule has 2 N–H and O–H groups in total. The number of aryl methyl sites for hydroxylation is 2. The van der Waals surface area contributed by atoms with Gasteiger partial charge in [-0.2, -0.15) is 0 Å². The van der Waals surface area contributed by atoms with Gasteiger partial charge in [0.1, 0.15) is 6.04 Å². The third kappa shape index (κ3) is 5.75. The van der Waals surface area contributed by atoms with E-state index in [2.05, 4.69) is 32.3 Å². The fourth-order valence-electron chi connectivity index (χ4n) is 6.56. The number of nitrogens with one attached hydrogen (secondary N) is 1. The van der Waals surface area contributed by atoms with Crippen LogP contribution in [0.25, 0.3) is 0 Å². The normalized spacial score (nSPS) is 23.6. The van der Waals surface area contributed by atoms with Crippen molar-refractivity contribution in [3.63, 3.8) is 0 Å². The molecule has 39 heavy (non-hydrogen) atoms. The van der Waals surface area contributed by atoms with Gasteiger partial charge in [0.15, 0.2) is 0 Å².